The number of hydrogen-bond acceptors (Lipinski definition) is 5. The van der Waals surface area contributed by atoms with Crippen LogP contribution in [0.4, 0.5) is 5.69 Å². The van der Waals surface area contributed by atoms with E-state index in [0.717, 1.165) is 25.8 Å². The predicted molar refractivity (Wildman–Crippen MR) is 136 cm³/mol. The molecule has 0 radical (unpaired) electrons. The predicted octanol–water partition coefficient (Wildman–Crippen LogP) is 3.77. The SMILES string of the molecule is CCn1c(=O)/c(=C2\Sc3cccc(C)c3N2C)s/c1=C\c1scc[n+]1Cc1ccccc1. The summed E-state index contributed by atoms with van der Waals surface area (Å²) in [7, 11) is 2.06. The van der Waals surface area contributed by atoms with Gasteiger partial charge in [-0.15, -0.1) is 11.3 Å². The maximum Gasteiger partial charge on any atom is 0.271 e. The van der Waals surface area contributed by atoms with Gasteiger partial charge in [-0.1, -0.05) is 65.6 Å². The highest BCUT2D eigenvalue weighted by Gasteiger charge is 2.26. The van der Waals surface area contributed by atoms with Crippen molar-refractivity contribution in [1.82, 2.24) is 4.57 Å². The lowest BCUT2D eigenvalue weighted by Crippen LogP contribution is -2.36. The summed E-state index contributed by atoms with van der Waals surface area (Å²) in [4.78, 5) is 16.8. The lowest BCUT2D eigenvalue weighted by atomic mass is 10.2. The van der Waals surface area contributed by atoms with Crippen molar-refractivity contribution < 1.29 is 4.57 Å². The van der Waals surface area contributed by atoms with Gasteiger partial charge >= 0.3 is 0 Å². The summed E-state index contributed by atoms with van der Waals surface area (Å²) in [5.41, 5.74) is 3.78. The fourth-order valence-electron chi connectivity index (χ4n) is 4.03. The second-order valence-corrected chi connectivity index (χ2v) is 10.7. The van der Waals surface area contributed by atoms with Gasteiger partial charge < -0.3 is 4.90 Å². The second kappa shape index (κ2) is 8.73. The summed E-state index contributed by atoms with van der Waals surface area (Å²) < 4.78 is 5.94. The van der Waals surface area contributed by atoms with Crippen molar-refractivity contribution in [1.29, 1.82) is 0 Å². The van der Waals surface area contributed by atoms with E-state index in [4.69, 9.17) is 0 Å². The minimum absolute atomic E-state index is 0.0923. The van der Waals surface area contributed by atoms with Crippen LogP contribution in [0.2, 0.25) is 0 Å². The fraction of sp³-hybridized carbons (Fsp3) is 0.200. The third-order valence-electron chi connectivity index (χ3n) is 5.63. The van der Waals surface area contributed by atoms with Crippen molar-refractivity contribution in [3.63, 3.8) is 0 Å². The van der Waals surface area contributed by atoms with Gasteiger partial charge in [-0.25, -0.2) is 0 Å². The number of para-hydroxylation sites is 1. The minimum Gasteiger partial charge on any atom is -0.337 e. The molecule has 0 bridgehead atoms. The van der Waals surface area contributed by atoms with E-state index in [0.29, 0.717) is 6.54 Å². The molecule has 0 saturated heterocycles. The number of benzene rings is 2. The zero-order valence-corrected chi connectivity index (χ0v) is 20.7. The molecule has 0 amide bonds. The molecule has 0 saturated carbocycles. The number of aryl methyl sites for hydroxylation is 1. The van der Waals surface area contributed by atoms with E-state index >= 15 is 0 Å². The molecule has 0 aliphatic carbocycles. The summed E-state index contributed by atoms with van der Waals surface area (Å²) in [5, 5.41) is 4.27. The number of rotatable bonds is 4. The van der Waals surface area contributed by atoms with Gasteiger partial charge in [0.25, 0.3) is 10.6 Å². The van der Waals surface area contributed by atoms with E-state index in [9.17, 15) is 4.79 Å². The zero-order valence-electron chi connectivity index (χ0n) is 18.2. The van der Waals surface area contributed by atoms with Crippen molar-refractivity contribution in [2.75, 3.05) is 11.9 Å². The van der Waals surface area contributed by atoms with Crippen LogP contribution in [0.5, 0.6) is 0 Å². The first-order valence-electron chi connectivity index (χ1n) is 10.5. The Kier molecular flexibility index (Phi) is 5.80. The average Bonchev–Trinajstić information content (AvgIpc) is 3.46. The Morgan fingerprint density at radius 1 is 1.09 bits per heavy atom. The van der Waals surface area contributed by atoms with Crippen LogP contribution >= 0.6 is 34.4 Å². The Morgan fingerprint density at radius 2 is 1.91 bits per heavy atom. The molecule has 0 fully saturated rings. The number of aromatic nitrogens is 2. The van der Waals surface area contributed by atoms with Crippen LogP contribution in [0.25, 0.3) is 11.1 Å². The van der Waals surface area contributed by atoms with E-state index in [1.54, 1.807) is 34.4 Å². The van der Waals surface area contributed by atoms with Gasteiger partial charge in [-0.05, 0) is 25.5 Å². The van der Waals surface area contributed by atoms with Gasteiger partial charge in [0.15, 0.2) is 12.7 Å². The molecule has 0 spiro atoms. The van der Waals surface area contributed by atoms with Crippen LogP contribution in [-0.4, -0.2) is 11.6 Å². The molecule has 5 rings (SSSR count). The molecule has 0 atom stereocenters. The fourth-order valence-corrected chi connectivity index (χ4v) is 7.43. The van der Waals surface area contributed by atoms with Crippen molar-refractivity contribution in [2.45, 2.75) is 31.8 Å². The Labute approximate surface area is 199 Å². The first-order valence-corrected chi connectivity index (χ1v) is 13.1. The monoisotopic (exact) mass is 478 g/mol. The highest BCUT2D eigenvalue weighted by Crippen LogP contribution is 2.46. The first kappa shape index (κ1) is 21.2. The van der Waals surface area contributed by atoms with E-state index in [1.807, 2.05) is 17.6 Å². The van der Waals surface area contributed by atoms with Gasteiger partial charge in [-0.2, -0.15) is 4.57 Å². The molecule has 1 aliphatic heterocycles. The van der Waals surface area contributed by atoms with Crippen LogP contribution in [-0.2, 0) is 13.1 Å². The second-order valence-electron chi connectivity index (χ2n) is 7.71. The van der Waals surface area contributed by atoms with Gasteiger partial charge in [-0.3, -0.25) is 9.36 Å². The van der Waals surface area contributed by atoms with Crippen LogP contribution in [0.15, 0.2) is 69.8 Å². The molecular formula is C25H24N3OS3+. The van der Waals surface area contributed by atoms with Gasteiger partial charge in [0, 0.05) is 24.1 Å². The quantitative estimate of drug-likeness (QED) is 0.418. The standard InChI is InChI=1S/C25H24N3OS3/c1-4-28-21(15-20-27(13-14-30-20)16-18-10-6-5-7-11-18)32-23(24(28)29)25-26(3)22-17(2)9-8-12-19(22)31-25/h5-15H,4,16H2,1-3H3/q+1/b25-23+. The van der Waals surface area contributed by atoms with E-state index < -0.39 is 0 Å². The summed E-state index contributed by atoms with van der Waals surface area (Å²) in [6, 6.07) is 16.8. The Balaban J connectivity index is 1.62. The van der Waals surface area contributed by atoms with E-state index in [2.05, 4.69) is 83.6 Å². The maximum absolute atomic E-state index is 13.4. The number of thiazole rings is 2. The Hall–Kier alpha value is -2.61. The lowest BCUT2D eigenvalue weighted by molar-refractivity contribution is -0.685. The Morgan fingerprint density at radius 3 is 2.66 bits per heavy atom. The molecule has 4 nitrogen and oxygen atoms in total. The normalized spacial score (nSPS) is 15.5. The number of thioether (sulfide) groups is 1. The summed E-state index contributed by atoms with van der Waals surface area (Å²) in [6.07, 6.45) is 4.27. The van der Waals surface area contributed by atoms with Crippen molar-refractivity contribution in [3.8, 4) is 0 Å². The topological polar surface area (TPSA) is 29.1 Å². The smallest absolute Gasteiger partial charge is 0.271 e. The number of hydrogen-bond donors (Lipinski definition) is 0. The molecule has 1 aliphatic rings. The third kappa shape index (κ3) is 3.74. The lowest BCUT2D eigenvalue weighted by Gasteiger charge is -2.14. The molecule has 3 heterocycles. The molecular weight excluding hydrogens is 454 g/mol. The Bertz CT molecular complexity index is 1460. The van der Waals surface area contributed by atoms with Crippen LogP contribution in [0.1, 0.15) is 23.1 Å². The van der Waals surface area contributed by atoms with Crippen LogP contribution in [0.3, 0.4) is 0 Å². The van der Waals surface area contributed by atoms with Crippen LogP contribution in [0, 0.1) is 6.92 Å². The average molecular weight is 479 g/mol. The van der Waals surface area contributed by atoms with Crippen molar-refractivity contribution >= 4 is 51.2 Å². The molecule has 2 aromatic carbocycles. The highest BCUT2D eigenvalue weighted by atomic mass is 32.2. The third-order valence-corrected chi connectivity index (χ3v) is 8.95. The van der Waals surface area contributed by atoms with Gasteiger partial charge in [0.05, 0.1) is 17.1 Å². The van der Waals surface area contributed by atoms with Gasteiger partial charge in [0.1, 0.15) is 14.2 Å². The first-order chi connectivity index (χ1) is 15.6. The van der Waals surface area contributed by atoms with Crippen molar-refractivity contribution in [2.24, 2.45) is 0 Å². The molecule has 2 aromatic heterocycles. The van der Waals surface area contributed by atoms with Gasteiger partial charge in [0.2, 0.25) is 0 Å². The largest absolute Gasteiger partial charge is 0.337 e. The van der Waals surface area contributed by atoms with E-state index in [1.165, 1.54) is 21.7 Å². The number of nitrogens with zero attached hydrogens (tertiary/aromatic N) is 3. The summed E-state index contributed by atoms with van der Waals surface area (Å²) >= 11 is 4.98. The zero-order chi connectivity index (χ0) is 22.2. The highest BCUT2D eigenvalue weighted by molar-refractivity contribution is 8.08. The molecule has 4 aromatic rings. The molecule has 0 N–H and O–H groups in total. The summed E-state index contributed by atoms with van der Waals surface area (Å²) in [5.74, 6) is 0. The molecule has 32 heavy (non-hydrogen) atoms. The summed E-state index contributed by atoms with van der Waals surface area (Å²) in [6.45, 7) is 5.63. The van der Waals surface area contributed by atoms with E-state index in [-0.39, 0.29) is 5.56 Å². The maximum atomic E-state index is 13.4. The molecule has 0 unspecified atom stereocenters. The number of anilines is 1. The molecule has 7 heteroatoms. The number of fused-ring (bicyclic) bond motifs is 1. The van der Waals surface area contributed by atoms with Crippen molar-refractivity contribution in [3.05, 3.63) is 95.8 Å². The minimum atomic E-state index is 0.0923. The van der Waals surface area contributed by atoms with Crippen LogP contribution < -0.4 is 24.2 Å². The molecule has 162 valence electrons.